The molecule has 6 aromatic rings. The minimum atomic E-state index is -3.93. The highest BCUT2D eigenvalue weighted by molar-refractivity contribution is 7.92. The molecule has 0 unspecified atom stereocenters. The second kappa shape index (κ2) is 10.6. The highest BCUT2D eigenvalue weighted by Crippen LogP contribution is 2.37. The first-order valence-electron chi connectivity index (χ1n) is 12.8. The van der Waals surface area contributed by atoms with Crippen LogP contribution in [0.2, 0.25) is 5.02 Å². The van der Waals surface area contributed by atoms with E-state index in [0.717, 1.165) is 38.3 Å². The Balaban J connectivity index is 1.43. The molecule has 0 saturated carbocycles. The normalized spacial score (nSPS) is 11.7. The number of nitrogens with zero attached hydrogens (tertiary/aromatic N) is 1. The summed E-state index contributed by atoms with van der Waals surface area (Å²) in [4.78, 5) is 1.24. The second-order valence-electron chi connectivity index (χ2n) is 9.76. The summed E-state index contributed by atoms with van der Waals surface area (Å²) in [6, 6.07) is 33.0. The predicted molar refractivity (Wildman–Crippen MR) is 166 cm³/mol. The van der Waals surface area contributed by atoms with Crippen LogP contribution in [0.1, 0.15) is 16.7 Å². The number of para-hydroxylation sites is 1. The Kier molecular flexibility index (Phi) is 7.00. The molecule has 0 bridgehead atoms. The maximum atomic E-state index is 14.3. The van der Waals surface area contributed by atoms with Gasteiger partial charge in [-0.25, -0.2) is 8.42 Å². The van der Waals surface area contributed by atoms with Gasteiger partial charge in [0, 0.05) is 26.2 Å². The Bertz CT molecular complexity index is 1910. The first-order valence-corrected chi connectivity index (χ1v) is 15.5. The summed E-state index contributed by atoms with van der Waals surface area (Å²) < 4.78 is 36.2. The van der Waals surface area contributed by atoms with E-state index in [0.29, 0.717) is 21.8 Å². The number of benzene rings is 4. The Morgan fingerprint density at radius 1 is 0.800 bits per heavy atom. The molecule has 0 aliphatic carbocycles. The minimum absolute atomic E-state index is 0.155. The average molecular weight is 584 g/mol. The standard InChI is InChI=1S/C33H26ClNO3S2/c1-22-16-33(23(2)15-29(22)34)40(36,37)35(28-19-32(39-21-28)25-10-4-3-5-11-25)20-24-9-8-13-26(17-24)31-18-27-12-6-7-14-30(27)38-31/h3-19,21H,20H2,1-2H3. The monoisotopic (exact) mass is 583 g/mol. The van der Waals surface area contributed by atoms with E-state index in [2.05, 4.69) is 0 Å². The number of furan rings is 1. The zero-order chi connectivity index (χ0) is 27.9. The maximum Gasteiger partial charge on any atom is 0.264 e. The highest BCUT2D eigenvalue weighted by atomic mass is 35.5. The quantitative estimate of drug-likeness (QED) is 0.188. The number of hydrogen-bond acceptors (Lipinski definition) is 4. The highest BCUT2D eigenvalue weighted by Gasteiger charge is 2.29. The zero-order valence-electron chi connectivity index (χ0n) is 22.0. The van der Waals surface area contributed by atoms with Crippen molar-refractivity contribution in [2.75, 3.05) is 4.31 Å². The minimum Gasteiger partial charge on any atom is -0.456 e. The number of anilines is 1. The molecule has 0 fully saturated rings. The van der Waals surface area contributed by atoms with Crippen LogP contribution >= 0.6 is 22.9 Å². The summed E-state index contributed by atoms with van der Waals surface area (Å²) in [6.45, 7) is 3.75. The molecule has 6 rings (SSSR count). The smallest absolute Gasteiger partial charge is 0.264 e. The van der Waals surface area contributed by atoms with Crippen molar-refractivity contribution in [3.05, 3.63) is 130 Å². The van der Waals surface area contributed by atoms with E-state index < -0.39 is 10.0 Å². The molecule has 0 N–H and O–H groups in total. The van der Waals surface area contributed by atoms with Gasteiger partial charge in [0.25, 0.3) is 10.0 Å². The number of fused-ring (bicyclic) bond motifs is 1. The summed E-state index contributed by atoms with van der Waals surface area (Å²) in [6.07, 6.45) is 0. The van der Waals surface area contributed by atoms with Crippen molar-refractivity contribution in [3.8, 4) is 21.8 Å². The van der Waals surface area contributed by atoms with E-state index in [9.17, 15) is 8.42 Å². The van der Waals surface area contributed by atoms with Gasteiger partial charge in [-0.05, 0) is 72.5 Å². The number of sulfonamides is 1. The number of aryl methyl sites for hydroxylation is 2. The van der Waals surface area contributed by atoms with Gasteiger partial charge in [-0.3, -0.25) is 4.31 Å². The molecule has 4 aromatic carbocycles. The number of halogens is 1. The predicted octanol–water partition coefficient (Wildman–Crippen LogP) is 9.49. The lowest BCUT2D eigenvalue weighted by molar-refractivity contribution is 0.590. The summed E-state index contributed by atoms with van der Waals surface area (Å²) in [5, 5.41) is 3.47. The number of rotatable bonds is 7. The Morgan fingerprint density at radius 3 is 2.35 bits per heavy atom. The van der Waals surface area contributed by atoms with Crippen LogP contribution < -0.4 is 4.31 Å². The molecule has 2 aromatic heterocycles. The summed E-state index contributed by atoms with van der Waals surface area (Å²) in [5.41, 5.74) is 5.53. The SMILES string of the molecule is Cc1cc(S(=O)(=O)N(Cc2cccc(-c3cc4ccccc4o3)c2)c2csc(-c3ccccc3)c2)c(C)cc1Cl. The molecular weight excluding hydrogens is 558 g/mol. The molecule has 0 amide bonds. The van der Waals surface area contributed by atoms with E-state index in [4.69, 9.17) is 16.0 Å². The van der Waals surface area contributed by atoms with Gasteiger partial charge in [-0.1, -0.05) is 78.3 Å². The van der Waals surface area contributed by atoms with Crippen molar-refractivity contribution in [2.45, 2.75) is 25.3 Å². The van der Waals surface area contributed by atoms with Gasteiger partial charge in [-0.15, -0.1) is 11.3 Å². The molecule has 0 atom stereocenters. The molecule has 200 valence electrons. The third-order valence-corrected chi connectivity index (χ3v) is 10.2. The first-order chi connectivity index (χ1) is 19.3. The first kappa shape index (κ1) is 26.4. The van der Waals surface area contributed by atoms with Gasteiger partial charge in [0.1, 0.15) is 11.3 Å². The van der Waals surface area contributed by atoms with Gasteiger partial charge in [0.05, 0.1) is 17.1 Å². The zero-order valence-corrected chi connectivity index (χ0v) is 24.4. The molecule has 0 aliphatic rings. The van der Waals surface area contributed by atoms with Crippen LogP contribution in [0.3, 0.4) is 0 Å². The Morgan fingerprint density at radius 2 is 1.55 bits per heavy atom. The van der Waals surface area contributed by atoms with Crippen molar-refractivity contribution in [1.29, 1.82) is 0 Å². The summed E-state index contributed by atoms with van der Waals surface area (Å²) in [7, 11) is -3.93. The van der Waals surface area contributed by atoms with Crippen LogP contribution in [-0.2, 0) is 16.6 Å². The molecule has 4 nitrogen and oxygen atoms in total. The third kappa shape index (κ3) is 5.06. The van der Waals surface area contributed by atoms with Crippen molar-refractivity contribution < 1.29 is 12.8 Å². The number of thiophene rings is 1. The van der Waals surface area contributed by atoms with Crippen LogP contribution in [0.5, 0.6) is 0 Å². The van der Waals surface area contributed by atoms with E-state index in [1.165, 1.54) is 15.6 Å². The van der Waals surface area contributed by atoms with Gasteiger partial charge >= 0.3 is 0 Å². The molecule has 2 heterocycles. The molecule has 0 radical (unpaired) electrons. The van der Waals surface area contributed by atoms with Crippen molar-refractivity contribution >= 4 is 49.6 Å². The Hall–Kier alpha value is -3.84. The number of hydrogen-bond donors (Lipinski definition) is 0. The molecule has 0 aliphatic heterocycles. The maximum absolute atomic E-state index is 14.3. The molecule has 0 spiro atoms. The molecule has 0 saturated heterocycles. The molecule has 7 heteroatoms. The van der Waals surface area contributed by atoms with E-state index in [1.807, 2.05) is 103 Å². The average Bonchev–Trinajstić information content (AvgIpc) is 3.62. The van der Waals surface area contributed by atoms with Crippen LogP contribution in [-0.4, -0.2) is 8.42 Å². The lowest BCUT2D eigenvalue weighted by Gasteiger charge is -2.25. The van der Waals surface area contributed by atoms with Gasteiger partial charge in [-0.2, -0.15) is 0 Å². The van der Waals surface area contributed by atoms with Crippen LogP contribution in [0, 0.1) is 13.8 Å². The van der Waals surface area contributed by atoms with Crippen molar-refractivity contribution in [2.24, 2.45) is 0 Å². The fraction of sp³-hybridized carbons (Fsp3) is 0.0909. The van der Waals surface area contributed by atoms with Gasteiger partial charge in [0.15, 0.2) is 0 Å². The summed E-state index contributed by atoms with van der Waals surface area (Å²) in [5.74, 6) is 0.739. The largest absolute Gasteiger partial charge is 0.456 e. The fourth-order valence-electron chi connectivity index (χ4n) is 4.79. The lowest BCUT2D eigenvalue weighted by Crippen LogP contribution is -2.31. The topological polar surface area (TPSA) is 50.5 Å². The van der Waals surface area contributed by atoms with Crippen LogP contribution in [0.4, 0.5) is 5.69 Å². The molecular formula is C33H26ClNO3S2. The van der Waals surface area contributed by atoms with Gasteiger partial charge < -0.3 is 4.42 Å². The van der Waals surface area contributed by atoms with Crippen molar-refractivity contribution in [3.63, 3.8) is 0 Å². The fourth-order valence-corrected chi connectivity index (χ4v) is 7.71. The van der Waals surface area contributed by atoms with Crippen LogP contribution in [0.25, 0.3) is 32.7 Å². The van der Waals surface area contributed by atoms with E-state index >= 15 is 0 Å². The van der Waals surface area contributed by atoms with Crippen LogP contribution in [0.15, 0.2) is 118 Å². The van der Waals surface area contributed by atoms with E-state index in [-0.39, 0.29) is 11.4 Å². The van der Waals surface area contributed by atoms with Crippen molar-refractivity contribution in [1.82, 2.24) is 0 Å². The third-order valence-electron chi connectivity index (χ3n) is 6.92. The molecule has 40 heavy (non-hydrogen) atoms. The second-order valence-corrected chi connectivity index (χ2v) is 12.9. The summed E-state index contributed by atoms with van der Waals surface area (Å²) >= 11 is 7.85. The lowest BCUT2D eigenvalue weighted by atomic mass is 10.1. The van der Waals surface area contributed by atoms with E-state index in [1.54, 1.807) is 19.1 Å². The van der Waals surface area contributed by atoms with Gasteiger partial charge in [0.2, 0.25) is 0 Å². The Labute approximate surface area is 243 Å².